The number of aliphatic carboxylic acids is 1. The van der Waals surface area contributed by atoms with Gasteiger partial charge in [-0.15, -0.1) is 0 Å². The molecule has 10 atom stereocenters. The molecule has 0 amide bonds. The molecule has 2 aromatic heterocycles. The van der Waals surface area contributed by atoms with Gasteiger partial charge >= 0.3 is 63.6 Å². The molecule has 9 rings (SSSR count). The Balaban J connectivity index is 0.831. The molecule has 2 saturated carbocycles. The predicted octanol–water partition coefficient (Wildman–Crippen LogP) is 2.24. The lowest BCUT2D eigenvalue weighted by Crippen LogP contribution is -2.79. The van der Waals surface area contributed by atoms with Crippen molar-refractivity contribution in [1.82, 2.24) is 10.3 Å². The van der Waals surface area contributed by atoms with Gasteiger partial charge in [-0.2, -0.15) is 0 Å². The number of aromatic nitrogens is 4. The van der Waals surface area contributed by atoms with Gasteiger partial charge in [0.1, 0.15) is 6.10 Å². The maximum atomic E-state index is 14.4. The summed E-state index contributed by atoms with van der Waals surface area (Å²) in [5.74, 6) is -14.4. The minimum Gasteiger partial charge on any atom is -0.479 e. The summed E-state index contributed by atoms with van der Waals surface area (Å²) in [5.41, 5.74) is -5.46. The summed E-state index contributed by atoms with van der Waals surface area (Å²) in [6.45, 7) is 4.83. The number of ether oxygens (including phenoxy) is 9. The van der Waals surface area contributed by atoms with E-state index in [1.165, 1.54) is 55.5 Å². The molecule has 2 bridgehead atoms. The largest absolute Gasteiger partial charge is 0.479 e. The Morgan fingerprint density at radius 1 is 0.722 bits per heavy atom. The van der Waals surface area contributed by atoms with Crippen molar-refractivity contribution in [3.8, 4) is 11.8 Å². The number of carboxylic acids is 1. The Kier molecular flexibility index (Phi) is 19.2. The highest BCUT2D eigenvalue weighted by molar-refractivity contribution is 7.91. The smallest absolute Gasteiger partial charge is 0.414 e. The average Bonchev–Trinajstić information content (AvgIpc) is 1.35. The van der Waals surface area contributed by atoms with Gasteiger partial charge in [0, 0.05) is 23.8 Å². The van der Waals surface area contributed by atoms with E-state index in [9.17, 15) is 75.8 Å². The third-order valence-corrected chi connectivity index (χ3v) is 20.0. The summed E-state index contributed by atoms with van der Waals surface area (Å²) in [5, 5.41) is 53.4. The number of rotatable bonds is 27. The van der Waals surface area contributed by atoms with Gasteiger partial charge in [-0.3, -0.25) is 33.2 Å². The van der Waals surface area contributed by atoms with Crippen molar-refractivity contribution in [1.29, 1.82) is 0 Å². The first kappa shape index (κ1) is 65.6. The maximum absolute atomic E-state index is 14.4. The number of sulfone groups is 2. The van der Waals surface area contributed by atoms with Crippen LogP contribution in [0.2, 0.25) is 0 Å². The fraction of sp³-hybridized carbons (Fsp3) is 0.509. The van der Waals surface area contributed by atoms with Gasteiger partial charge in [-0.1, -0.05) is 48.9 Å². The SMILES string of the molecule is CC(C)=CC(=O)O[C@H]1C(=O)O[C@@H]2C[C@H]3C(C)=C(OC(=O)CCC(=O)OCCCCOc4no[n+]([O-])c4S(=O)(=O)c4ccccc4)C(=O)C[C@]3(C)[C@H]3[C@@H](O)[C@H](OC(=O)CCC(=O)OCCCCOc4no[n+]([O-])c4S(=O)(=O)c4ccccc4)[C@]4(C(=O)O)OC[C@]32[C@@H]14. The number of fused-ring (bicyclic) bond motifs is 2. The van der Waals surface area contributed by atoms with Crippen molar-refractivity contribution in [3.05, 3.63) is 94.1 Å². The fourth-order valence-electron chi connectivity index (χ4n) is 12.9. The van der Waals surface area contributed by atoms with E-state index in [0.717, 1.165) is 6.08 Å². The number of benzene rings is 2. The summed E-state index contributed by atoms with van der Waals surface area (Å²) in [4.78, 5) is 108. The minimum absolute atomic E-state index is 0.128. The third-order valence-electron chi connectivity index (χ3n) is 16.6. The number of esters is 6. The van der Waals surface area contributed by atoms with Crippen molar-refractivity contribution in [2.75, 3.05) is 33.0 Å². The number of ketones is 1. The summed E-state index contributed by atoms with van der Waals surface area (Å²) < 4.78 is 112. The number of carbonyl (C=O) groups excluding carboxylic acids is 7. The molecule has 1 spiro atoms. The summed E-state index contributed by atoms with van der Waals surface area (Å²) in [7, 11) is -8.75. The van der Waals surface area contributed by atoms with Crippen LogP contribution in [0.15, 0.2) is 113 Å². The molecular formula is C57H62N4O27S2. The van der Waals surface area contributed by atoms with E-state index in [-0.39, 0.29) is 83.7 Å². The number of unbranched alkanes of at least 4 members (excludes halogenated alkanes) is 2. The van der Waals surface area contributed by atoms with E-state index in [1.54, 1.807) is 32.9 Å². The molecule has 4 heterocycles. The minimum atomic E-state index is -4.39. The number of carboxylic acid groups (broad SMARTS) is 1. The maximum Gasteiger partial charge on any atom is 0.414 e. The number of nitrogens with zero attached hydrogens (tertiary/aromatic N) is 4. The van der Waals surface area contributed by atoms with Crippen LogP contribution in [0.1, 0.15) is 91.9 Å². The molecule has 90 heavy (non-hydrogen) atoms. The molecule has 484 valence electrons. The number of allylic oxidation sites excluding steroid dienone is 3. The Morgan fingerprint density at radius 2 is 1.22 bits per heavy atom. The molecule has 2 N–H and O–H groups in total. The monoisotopic (exact) mass is 1300 g/mol. The number of aliphatic hydroxyl groups is 1. The molecule has 33 heteroatoms. The van der Waals surface area contributed by atoms with Crippen LogP contribution >= 0.6 is 0 Å². The summed E-state index contributed by atoms with van der Waals surface area (Å²) in [6.07, 6.45) is -9.06. The highest BCUT2D eigenvalue weighted by atomic mass is 32.2. The van der Waals surface area contributed by atoms with Gasteiger partial charge in [-0.25, -0.2) is 31.2 Å². The molecule has 0 radical (unpaired) electrons. The van der Waals surface area contributed by atoms with E-state index in [0.29, 0.717) is 5.57 Å². The molecule has 4 fully saturated rings. The highest BCUT2D eigenvalue weighted by Gasteiger charge is 2.86. The van der Waals surface area contributed by atoms with Gasteiger partial charge in [-0.05, 0) is 104 Å². The summed E-state index contributed by atoms with van der Waals surface area (Å²) in [6, 6.07) is 14.1. The zero-order chi connectivity index (χ0) is 65.1. The first-order valence-electron chi connectivity index (χ1n) is 28.3. The van der Waals surface area contributed by atoms with E-state index in [2.05, 4.69) is 19.6 Å². The third kappa shape index (κ3) is 12.4. The zero-order valence-electron chi connectivity index (χ0n) is 48.7. The van der Waals surface area contributed by atoms with Crippen LogP contribution in [0, 0.1) is 39.0 Å². The lowest BCUT2D eigenvalue weighted by atomic mass is 9.38. The quantitative estimate of drug-likeness (QED) is 0.0284. The second-order valence-electron chi connectivity index (χ2n) is 22.5. The average molecular weight is 1300 g/mol. The van der Waals surface area contributed by atoms with Crippen LogP contribution in [0.3, 0.4) is 0 Å². The molecule has 4 aromatic rings. The number of hydrogen-bond donors (Lipinski definition) is 2. The number of hydrogen-bond acceptors (Lipinski definition) is 28. The number of aliphatic hydroxyl groups excluding tert-OH is 1. The van der Waals surface area contributed by atoms with Crippen LogP contribution in [0.5, 0.6) is 11.8 Å². The van der Waals surface area contributed by atoms with Crippen LogP contribution in [-0.4, -0.2) is 148 Å². The van der Waals surface area contributed by atoms with Crippen molar-refractivity contribution in [3.63, 3.8) is 0 Å². The first-order chi connectivity index (χ1) is 42.7. The number of carbonyl (C=O) groups is 8. The molecule has 2 saturated heterocycles. The number of Topliss-reactive ketones (excluding diaryl/α,β-unsaturated/α-hetero) is 1. The standard InChI is InChI=1S/C57H62N4O27S2/c1-31(2)27-42(67)85-45-47-56-30-82-57(47,54(70)71)48(86-41(66)22-20-39(64)79-24-12-14-26-81-50-52(61(73)88-59-50)90(76,77)34-17-9-6-10-18-34)43(68)46(56)55(4)29-36(62)44(32(3)35(55)28-37(56)83-53(45)69)84-40(65)21-19-38(63)78-23-11-13-25-80-49-51(60(72)87-58-49)89(74,75)33-15-7-5-8-16-33/h5-10,15-18,27,35,37,43,45-48,68H,11-14,19-26,28-30H2,1-4H3,(H,70,71)/t35-,37+,43+,45+,46+,47+,48-,55-,56+,57+/m0/s1. The fourth-order valence-corrected chi connectivity index (χ4v) is 15.5. The second-order valence-corrected chi connectivity index (χ2v) is 26.2. The van der Waals surface area contributed by atoms with E-state index in [1.807, 2.05) is 0 Å². The zero-order valence-corrected chi connectivity index (χ0v) is 50.3. The van der Waals surface area contributed by atoms with Crippen LogP contribution < -0.4 is 19.3 Å². The van der Waals surface area contributed by atoms with Crippen LogP contribution in [0.4, 0.5) is 0 Å². The van der Waals surface area contributed by atoms with Crippen molar-refractivity contribution >= 4 is 67.2 Å². The predicted molar refractivity (Wildman–Crippen MR) is 290 cm³/mol. The van der Waals surface area contributed by atoms with E-state index >= 15 is 0 Å². The Morgan fingerprint density at radius 3 is 1.73 bits per heavy atom. The van der Waals surface area contributed by atoms with Crippen molar-refractivity contribution in [2.45, 2.75) is 142 Å². The molecule has 0 unspecified atom stereocenters. The highest BCUT2D eigenvalue weighted by Crippen LogP contribution is 2.73. The van der Waals surface area contributed by atoms with Crippen LogP contribution in [-0.2, 0) is 91.2 Å². The van der Waals surface area contributed by atoms with E-state index in [4.69, 9.17) is 42.6 Å². The van der Waals surface area contributed by atoms with E-state index < -0.39 is 192 Å². The molecule has 2 aromatic carbocycles. The Bertz CT molecular complexity index is 3750. The second kappa shape index (κ2) is 26.3. The Hall–Kier alpha value is -8.82. The molecule has 5 aliphatic rings. The lowest BCUT2D eigenvalue weighted by molar-refractivity contribution is -0.832. The van der Waals surface area contributed by atoms with Crippen molar-refractivity contribution in [2.24, 2.45) is 28.6 Å². The van der Waals surface area contributed by atoms with Crippen LogP contribution in [0.25, 0.3) is 0 Å². The van der Waals surface area contributed by atoms with Gasteiger partial charge in [0.05, 0.1) is 90.8 Å². The topological polar surface area (TPSA) is 434 Å². The van der Waals surface area contributed by atoms with Crippen molar-refractivity contribution < 1.29 is 127 Å². The molecule has 31 nitrogen and oxygen atoms in total. The Labute approximate surface area is 511 Å². The first-order valence-corrected chi connectivity index (χ1v) is 31.3. The van der Waals surface area contributed by atoms with Gasteiger partial charge < -0.3 is 63.3 Å². The van der Waals surface area contributed by atoms with Gasteiger partial charge in [0.25, 0.3) is 19.7 Å². The lowest BCUT2D eigenvalue weighted by Gasteiger charge is -2.67. The molecular weight excluding hydrogens is 1240 g/mol. The summed E-state index contributed by atoms with van der Waals surface area (Å²) >= 11 is 0. The van der Waals surface area contributed by atoms with Gasteiger partial charge in [0.15, 0.2) is 17.6 Å². The molecule has 3 aliphatic carbocycles. The molecule has 2 aliphatic heterocycles. The normalized spacial score (nSPS) is 25.8. The van der Waals surface area contributed by atoms with Gasteiger partial charge in [0.2, 0.25) is 11.7 Å².